The first-order chi connectivity index (χ1) is 12.0. The van der Waals surface area contributed by atoms with Gasteiger partial charge in [0.15, 0.2) is 6.10 Å². The van der Waals surface area contributed by atoms with E-state index in [1.807, 2.05) is 0 Å². The first kappa shape index (κ1) is 19.1. The van der Waals surface area contributed by atoms with E-state index in [0.717, 1.165) is 12.8 Å². The number of carbonyl (C=O) groups excluding carboxylic acids is 1. The van der Waals surface area contributed by atoms with Crippen LogP contribution in [0.5, 0.6) is 11.5 Å². The fourth-order valence-electron chi connectivity index (χ4n) is 2.07. The Bertz CT molecular complexity index is 661. The largest absolute Gasteiger partial charge is 0.494 e. The number of halogens is 2. The van der Waals surface area contributed by atoms with Crippen molar-refractivity contribution in [2.24, 2.45) is 0 Å². The van der Waals surface area contributed by atoms with E-state index < -0.39 is 6.10 Å². The zero-order chi connectivity index (χ0) is 18.1. The number of nitrogens with one attached hydrogen (secondary N) is 1. The monoisotopic (exact) mass is 365 g/mol. The molecule has 0 bridgehead atoms. The summed E-state index contributed by atoms with van der Waals surface area (Å²) < 4.78 is 23.8. The van der Waals surface area contributed by atoms with Gasteiger partial charge in [-0.3, -0.25) is 4.79 Å². The number of hydrogen-bond donors (Lipinski definition) is 1. The highest BCUT2D eigenvalue weighted by Gasteiger charge is 2.13. The van der Waals surface area contributed by atoms with E-state index in [-0.39, 0.29) is 11.7 Å². The third kappa shape index (κ3) is 7.01. The molecule has 0 radical (unpaired) electrons. The van der Waals surface area contributed by atoms with Crippen molar-refractivity contribution in [3.05, 3.63) is 59.4 Å². The van der Waals surface area contributed by atoms with E-state index in [4.69, 9.17) is 21.1 Å². The molecule has 0 fully saturated rings. The number of rotatable bonds is 9. The maximum absolute atomic E-state index is 12.8. The molecule has 0 saturated heterocycles. The molecule has 0 aliphatic rings. The van der Waals surface area contributed by atoms with Gasteiger partial charge in [-0.05, 0) is 68.3 Å². The van der Waals surface area contributed by atoms with E-state index >= 15 is 0 Å². The summed E-state index contributed by atoms with van der Waals surface area (Å²) >= 11 is 5.81. The van der Waals surface area contributed by atoms with Crippen molar-refractivity contribution in [1.29, 1.82) is 0 Å². The molecule has 25 heavy (non-hydrogen) atoms. The number of unbranched alkanes of at least 4 members (excludes halogenated alkanes) is 1. The van der Waals surface area contributed by atoms with Gasteiger partial charge in [0, 0.05) is 11.6 Å². The number of hydrogen-bond acceptors (Lipinski definition) is 3. The summed E-state index contributed by atoms with van der Waals surface area (Å²) in [5.41, 5.74) is 0. The van der Waals surface area contributed by atoms with Crippen LogP contribution in [-0.2, 0) is 4.79 Å². The molecule has 0 aliphatic heterocycles. The fraction of sp³-hybridized carbons (Fsp3) is 0.316. The van der Waals surface area contributed by atoms with Gasteiger partial charge in [-0.25, -0.2) is 4.39 Å². The maximum Gasteiger partial charge on any atom is 0.260 e. The second-order valence-corrected chi connectivity index (χ2v) is 5.95. The molecule has 1 atom stereocenters. The molecule has 0 aromatic heterocycles. The molecule has 2 aromatic carbocycles. The summed E-state index contributed by atoms with van der Waals surface area (Å²) in [7, 11) is 0. The Labute approximate surface area is 151 Å². The Hall–Kier alpha value is -2.27. The molecule has 6 heteroatoms. The fourth-order valence-corrected chi connectivity index (χ4v) is 2.20. The predicted molar refractivity (Wildman–Crippen MR) is 95.7 cm³/mol. The summed E-state index contributed by atoms with van der Waals surface area (Å²) in [6, 6.07) is 12.8. The van der Waals surface area contributed by atoms with Gasteiger partial charge in [0.2, 0.25) is 0 Å². The number of ether oxygens (including phenoxy) is 2. The van der Waals surface area contributed by atoms with Gasteiger partial charge in [0.25, 0.3) is 5.91 Å². The van der Waals surface area contributed by atoms with Crippen molar-refractivity contribution in [1.82, 2.24) is 5.32 Å². The van der Waals surface area contributed by atoms with E-state index in [0.29, 0.717) is 29.7 Å². The first-order valence-corrected chi connectivity index (χ1v) is 8.50. The smallest absolute Gasteiger partial charge is 0.260 e. The predicted octanol–water partition coefficient (Wildman–Crippen LogP) is 4.22. The molecule has 1 amide bonds. The highest BCUT2D eigenvalue weighted by Crippen LogP contribution is 2.16. The lowest BCUT2D eigenvalue weighted by atomic mass is 10.3. The van der Waals surface area contributed by atoms with Crippen LogP contribution in [-0.4, -0.2) is 25.2 Å². The Kier molecular flexibility index (Phi) is 7.54. The van der Waals surface area contributed by atoms with Crippen LogP contribution < -0.4 is 14.8 Å². The van der Waals surface area contributed by atoms with E-state index in [1.54, 1.807) is 43.3 Å². The summed E-state index contributed by atoms with van der Waals surface area (Å²) in [4.78, 5) is 12.0. The third-order valence-electron chi connectivity index (χ3n) is 3.45. The third-order valence-corrected chi connectivity index (χ3v) is 3.70. The van der Waals surface area contributed by atoms with Crippen LogP contribution in [0.25, 0.3) is 0 Å². The molecular weight excluding hydrogens is 345 g/mol. The summed E-state index contributed by atoms with van der Waals surface area (Å²) in [6.07, 6.45) is 0.974. The zero-order valence-corrected chi connectivity index (χ0v) is 14.8. The van der Waals surface area contributed by atoms with Crippen molar-refractivity contribution in [2.75, 3.05) is 13.2 Å². The van der Waals surface area contributed by atoms with Gasteiger partial charge in [-0.1, -0.05) is 11.6 Å². The lowest BCUT2D eigenvalue weighted by molar-refractivity contribution is -0.127. The van der Waals surface area contributed by atoms with Crippen molar-refractivity contribution < 1.29 is 18.7 Å². The second-order valence-electron chi connectivity index (χ2n) is 5.51. The molecule has 2 rings (SSSR count). The van der Waals surface area contributed by atoms with Gasteiger partial charge in [-0.15, -0.1) is 0 Å². The second kappa shape index (κ2) is 9.89. The maximum atomic E-state index is 12.8. The summed E-state index contributed by atoms with van der Waals surface area (Å²) in [5, 5.41) is 3.44. The Morgan fingerprint density at radius 3 is 2.40 bits per heavy atom. The summed E-state index contributed by atoms with van der Waals surface area (Å²) in [5.74, 6) is 0.773. The van der Waals surface area contributed by atoms with Gasteiger partial charge in [0.05, 0.1) is 6.61 Å². The van der Waals surface area contributed by atoms with Crippen LogP contribution in [0, 0.1) is 5.82 Å². The molecule has 0 saturated carbocycles. The van der Waals surface area contributed by atoms with Crippen LogP contribution in [0.3, 0.4) is 0 Å². The highest BCUT2D eigenvalue weighted by molar-refractivity contribution is 6.30. The van der Waals surface area contributed by atoms with Gasteiger partial charge < -0.3 is 14.8 Å². The minimum Gasteiger partial charge on any atom is -0.494 e. The van der Waals surface area contributed by atoms with Crippen LogP contribution in [0.1, 0.15) is 19.8 Å². The lowest BCUT2D eigenvalue weighted by Crippen LogP contribution is -2.36. The molecule has 1 unspecified atom stereocenters. The van der Waals surface area contributed by atoms with Gasteiger partial charge in [-0.2, -0.15) is 0 Å². The molecule has 1 N–H and O–H groups in total. The van der Waals surface area contributed by atoms with Crippen molar-refractivity contribution in [3.63, 3.8) is 0 Å². The van der Waals surface area contributed by atoms with Crippen molar-refractivity contribution in [2.45, 2.75) is 25.9 Å². The average molecular weight is 366 g/mol. The van der Waals surface area contributed by atoms with Gasteiger partial charge in [0.1, 0.15) is 17.3 Å². The Morgan fingerprint density at radius 1 is 1.08 bits per heavy atom. The standard InChI is InChI=1S/C19H21ClFNO3/c1-14(25-18-8-4-15(20)5-9-18)19(23)22-12-2-3-13-24-17-10-6-16(21)7-11-17/h4-11,14H,2-3,12-13H2,1H3,(H,22,23). The van der Waals surface area contributed by atoms with Gasteiger partial charge >= 0.3 is 0 Å². The van der Waals surface area contributed by atoms with Crippen LogP contribution in [0.4, 0.5) is 4.39 Å². The number of amides is 1. The molecule has 4 nitrogen and oxygen atoms in total. The molecule has 0 spiro atoms. The van der Waals surface area contributed by atoms with Crippen LogP contribution >= 0.6 is 11.6 Å². The zero-order valence-electron chi connectivity index (χ0n) is 14.0. The van der Waals surface area contributed by atoms with E-state index in [2.05, 4.69) is 5.32 Å². The highest BCUT2D eigenvalue weighted by atomic mass is 35.5. The molecular formula is C19H21ClFNO3. The van der Waals surface area contributed by atoms with Crippen molar-refractivity contribution in [3.8, 4) is 11.5 Å². The first-order valence-electron chi connectivity index (χ1n) is 8.13. The minimum atomic E-state index is -0.586. The number of carbonyl (C=O) groups is 1. The SMILES string of the molecule is CC(Oc1ccc(Cl)cc1)C(=O)NCCCCOc1ccc(F)cc1. The lowest BCUT2D eigenvalue weighted by Gasteiger charge is -2.14. The normalized spacial score (nSPS) is 11.6. The molecule has 0 aliphatic carbocycles. The Morgan fingerprint density at radius 2 is 1.72 bits per heavy atom. The quantitative estimate of drug-likeness (QED) is 0.677. The number of benzene rings is 2. The average Bonchev–Trinajstić information content (AvgIpc) is 2.61. The molecule has 2 aromatic rings. The summed E-state index contributed by atoms with van der Waals surface area (Å²) in [6.45, 7) is 2.75. The topological polar surface area (TPSA) is 47.6 Å². The Balaban J connectivity index is 1.58. The minimum absolute atomic E-state index is 0.172. The van der Waals surface area contributed by atoms with Crippen LogP contribution in [0.15, 0.2) is 48.5 Å². The molecule has 134 valence electrons. The van der Waals surface area contributed by atoms with Crippen LogP contribution in [0.2, 0.25) is 5.02 Å². The molecule has 0 heterocycles. The van der Waals surface area contributed by atoms with Crippen molar-refractivity contribution >= 4 is 17.5 Å². The van der Waals surface area contributed by atoms with E-state index in [1.165, 1.54) is 12.1 Å². The van der Waals surface area contributed by atoms with E-state index in [9.17, 15) is 9.18 Å².